The summed E-state index contributed by atoms with van der Waals surface area (Å²) in [4.78, 5) is 13.1. The van der Waals surface area contributed by atoms with Gasteiger partial charge < -0.3 is 4.90 Å². The molecule has 18 heavy (non-hydrogen) atoms. The highest BCUT2D eigenvalue weighted by atomic mass is 19.3. The SMILES string of the molecule is CCCCC(CCCC)CC(=O)N1CC(F)(F)C1. The Kier molecular flexibility index (Phi) is 6.03. The third kappa shape index (κ3) is 4.91. The van der Waals surface area contributed by atoms with E-state index in [-0.39, 0.29) is 19.0 Å². The molecule has 1 fully saturated rings. The molecule has 0 aliphatic carbocycles. The summed E-state index contributed by atoms with van der Waals surface area (Å²) in [6.07, 6.45) is 7.04. The largest absolute Gasteiger partial charge is 0.330 e. The van der Waals surface area contributed by atoms with Crippen molar-refractivity contribution < 1.29 is 13.6 Å². The van der Waals surface area contributed by atoms with Gasteiger partial charge in [0.1, 0.15) is 0 Å². The van der Waals surface area contributed by atoms with Gasteiger partial charge >= 0.3 is 0 Å². The molecule has 0 unspecified atom stereocenters. The summed E-state index contributed by atoms with van der Waals surface area (Å²) in [5.41, 5.74) is 0. The molecule has 0 aromatic carbocycles. The van der Waals surface area contributed by atoms with Crippen molar-refractivity contribution in [1.29, 1.82) is 0 Å². The van der Waals surface area contributed by atoms with Crippen LogP contribution in [0.5, 0.6) is 0 Å². The predicted octanol–water partition coefficient (Wildman–Crippen LogP) is 3.85. The maximum Gasteiger partial charge on any atom is 0.282 e. The molecule has 0 saturated carbocycles. The van der Waals surface area contributed by atoms with Gasteiger partial charge in [0.25, 0.3) is 5.92 Å². The molecule has 0 aromatic heterocycles. The fraction of sp³-hybridized carbons (Fsp3) is 0.929. The molecular weight excluding hydrogens is 236 g/mol. The molecule has 2 nitrogen and oxygen atoms in total. The lowest BCUT2D eigenvalue weighted by Crippen LogP contribution is -2.58. The Morgan fingerprint density at radius 2 is 1.67 bits per heavy atom. The Balaban J connectivity index is 2.32. The second-order valence-corrected chi connectivity index (χ2v) is 5.46. The van der Waals surface area contributed by atoms with Crippen LogP contribution in [-0.2, 0) is 4.79 Å². The van der Waals surface area contributed by atoms with Crippen LogP contribution in [0.2, 0.25) is 0 Å². The lowest BCUT2D eigenvalue weighted by Gasteiger charge is -2.39. The number of amides is 1. The highest BCUT2D eigenvalue weighted by Gasteiger charge is 2.46. The maximum atomic E-state index is 12.7. The molecule has 0 N–H and O–H groups in total. The van der Waals surface area contributed by atoms with E-state index in [1.165, 1.54) is 4.90 Å². The molecule has 4 heteroatoms. The number of rotatable bonds is 8. The summed E-state index contributed by atoms with van der Waals surface area (Å²) in [6, 6.07) is 0. The van der Waals surface area contributed by atoms with E-state index in [0.29, 0.717) is 12.3 Å². The molecule has 1 aliphatic heterocycles. The number of carbonyl (C=O) groups excluding carboxylic acids is 1. The minimum absolute atomic E-state index is 0.0851. The first-order chi connectivity index (χ1) is 8.48. The van der Waals surface area contributed by atoms with E-state index in [4.69, 9.17) is 0 Å². The molecule has 1 saturated heterocycles. The van der Waals surface area contributed by atoms with Crippen molar-refractivity contribution in [2.45, 2.75) is 64.7 Å². The number of unbranched alkanes of at least 4 members (excludes halogenated alkanes) is 2. The van der Waals surface area contributed by atoms with Gasteiger partial charge in [0.2, 0.25) is 5.91 Å². The third-order valence-corrected chi connectivity index (χ3v) is 3.59. The predicted molar refractivity (Wildman–Crippen MR) is 68.7 cm³/mol. The monoisotopic (exact) mass is 261 g/mol. The molecule has 1 aliphatic rings. The zero-order valence-electron chi connectivity index (χ0n) is 11.6. The van der Waals surface area contributed by atoms with Crippen molar-refractivity contribution in [3.8, 4) is 0 Å². The molecule has 1 rings (SSSR count). The Bertz CT molecular complexity index is 253. The van der Waals surface area contributed by atoms with Crippen LogP contribution in [0.3, 0.4) is 0 Å². The Morgan fingerprint density at radius 1 is 1.17 bits per heavy atom. The van der Waals surface area contributed by atoms with Crippen molar-refractivity contribution in [3.05, 3.63) is 0 Å². The first-order valence-electron chi connectivity index (χ1n) is 7.14. The number of carbonyl (C=O) groups is 1. The molecule has 0 bridgehead atoms. The van der Waals surface area contributed by atoms with E-state index in [0.717, 1.165) is 38.5 Å². The molecule has 0 radical (unpaired) electrons. The van der Waals surface area contributed by atoms with Crippen molar-refractivity contribution in [1.82, 2.24) is 4.90 Å². The molecule has 0 aromatic rings. The fourth-order valence-electron chi connectivity index (χ4n) is 2.40. The van der Waals surface area contributed by atoms with Gasteiger partial charge in [0.15, 0.2) is 0 Å². The van der Waals surface area contributed by atoms with Gasteiger partial charge in [-0.25, -0.2) is 8.78 Å². The minimum atomic E-state index is -2.64. The Morgan fingerprint density at radius 3 is 2.06 bits per heavy atom. The number of nitrogens with zero attached hydrogens (tertiary/aromatic N) is 1. The number of alkyl halides is 2. The summed E-state index contributed by atoms with van der Waals surface area (Å²) in [7, 11) is 0. The van der Waals surface area contributed by atoms with Crippen LogP contribution in [0, 0.1) is 5.92 Å². The minimum Gasteiger partial charge on any atom is -0.330 e. The lowest BCUT2D eigenvalue weighted by atomic mass is 9.92. The van der Waals surface area contributed by atoms with E-state index in [1.807, 2.05) is 0 Å². The van der Waals surface area contributed by atoms with Gasteiger partial charge in [0, 0.05) is 6.42 Å². The first-order valence-corrected chi connectivity index (χ1v) is 7.14. The van der Waals surface area contributed by atoms with Gasteiger partial charge in [-0.1, -0.05) is 39.5 Å². The van der Waals surface area contributed by atoms with Crippen LogP contribution in [0.15, 0.2) is 0 Å². The first kappa shape index (κ1) is 15.4. The summed E-state index contributed by atoms with van der Waals surface area (Å²) >= 11 is 0. The second-order valence-electron chi connectivity index (χ2n) is 5.46. The Labute approximate surface area is 109 Å². The highest BCUT2D eigenvalue weighted by molar-refractivity contribution is 5.77. The molecule has 1 amide bonds. The summed E-state index contributed by atoms with van der Waals surface area (Å²) in [5, 5.41) is 0. The number of likely N-dealkylation sites (tertiary alicyclic amines) is 1. The van der Waals surface area contributed by atoms with Gasteiger partial charge in [-0.3, -0.25) is 4.79 Å². The highest BCUT2D eigenvalue weighted by Crippen LogP contribution is 2.29. The van der Waals surface area contributed by atoms with E-state index in [9.17, 15) is 13.6 Å². The van der Waals surface area contributed by atoms with Crippen molar-refractivity contribution in [2.75, 3.05) is 13.1 Å². The van der Waals surface area contributed by atoms with E-state index >= 15 is 0 Å². The van der Waals surface area contributed by atoms with E-state index < -0.39 is 5.92 Å². The van der Waals surface area contributed by atoms with Crippen LogP contribution in [0.1, 0.15) is 58.8 Å². The molecule has 106 valence electrons. The number of hydrogen-bond donors (Lipinski definition) is 0. The zero-order chi connectivity index (χ0) is 13.6. The second kappa shape index (κ2) is 7.05. The van der Waals surface area contributed by atoms with Crippen LogP contribution in [0.25, 0.3) is 0 Å². The van der Waals surface area contributed by atoms with Crippen LogP contribution < -0.4 is 0 Å². The van der Waals surface area contributed by atoms with Crippen molar-refractivity contribution >= 4 is 5.91 Å². The average molecular weight is 261 g/mol. The average Bonchev–Trinajstić information content (AvgIpc) is 2.29. The van der Waals surface area contributed by atoms with Crippen LogP contribution in [0.4, 0.5) is 8.78 Å². The fourth-order valence-corrected chi connectivity index (χ4v) is 2.40. The normalized spacial score (nSPS) is 17.9. The smallest absolute Gasteiger partial charge is 0.282 e. The van der Waals surface area contributed by atoms with Gasteiger partial charge in [-0.15, -0.1) is 0 Å². The standard InChI is InChI=1S/C14H25F2NO/c1-3-5-7-12(8-6-4-2)9-13(18)17-10-14(15,16)11-17/h12H,3-11H2,1-2H3. The quantitative estimate of drug-likeness (QED) is 0.650. The number of hydrogen-bond acceptors (Lipinski definition) is 1. The summed E-state index contributed by atoms with van der Waals surface area (Å²) < 4.78 is 25.4. The van der Waals surface area contributed by atoms with E-state index in [1.54, 1.807) is 0 Å². The van der Waals surface area contributed by atoms with Crippen molar-refractivity contribution in [3.63, 3.8) is 0 Å². The van der Waals surface area contributed by atoms with Gasteiger partial charge in [-0.05, 0) is 18.8 Å². The number of halogens is 2. The van der Waals surface area contributed by atoms with E-state index in [2.05, 4.69) is 13.8 Å². The zero-order valence-corrected chi connectivity index (χ0v) is 11.6. The molecular formula is C14H25F2NO. The Hall–Kier alpha value is -0.670. The van der Waals surface area contributed by atoms with Crippen molar-refractivity contribution in [2.24, 2.45) is 5.92 Å². The van der Waals surface area contributed by atoms with Crippen LogP contribution in [-0.4, -0.2) is 29.8 Å². The molecule has 0 atom stereocenters. The van der Waals surface area contributed by atoms with Crippen LogP contribution >= 0.6 is 0 Å². The maximum absolute atomic E-state index is 12.7. The van der Waals surface area contributed by atoms with Gasteiger partial charge in [0.05, 0.1) is 13.1 Å². The topological polar surface area (TPSA) is 20.3 Å². The summed E-state index contributed by atoms with van der Waals surface area (Å²) in [5.74, 6) is -2.34. The molecule has 1 heterocycles. The third-order valence-electron chi connectivity index (χ3n) is 3.59. The molecule has 0 spiro atoms. The summed E-state index contributed by atoms with van der Waals surface area (Å²) in [6.45, 7) is 3.52. The lowest BCUT2D eigenvalue weighted by molar-refractivity contribution is -0.166. The van der Waals surface area contributed by atoms with Gasteiger partial charge in [-0.2, -0.15) is 0 Å².